The Balaban J connectivity index is 1.01. The van der Waals surface area contributed by atoms with Crippen molar-refractivity contribution in [1.82, 2.24) is 0 Å². The van der Waals surface area contributed by atoms with E-state index in [1.807, 2.05) is 18.2 Å². The lowest BCUT2D eigenvalue weighted by Crippen LogP contribution is -2.14. The average molecular weight is 860 g/mol. The summed E-state index contributed by atoms with van der Waals surface area (Å²) in [6.07, 6.45) is 0. The predicted octanol–water partition coefficient (Wildman–Crippen LogP) is 18.2. The summed E-state index contributed by atoms with van der Waals surface area (Å²) in [5.41, 5.74) is 12.7. The molecule has 0 saturated carbocycles. The number of benzene rings is 11. The van der Waals surface area contributed by atoms with Crippen LogP contribution in [-0.2, 0) is 0 Å². The van der Waals surface area contributed by atoms with Crippen molar-refractivity contribution in [3.63, 3.8) is 0 Å². The van der Waals surface area contributed by atoms with Gasteiger partial charge in [-0.05, 0) is 125 Å². The Kier molecular flexibility index (Phi) is 9.10. The first-order chi connectivity index (χ1) is 33.2. The second-order valence-corrected chi connectivity index (χ2v) is 16.9. The zero-order chi connectivity index (χ0) is 44.3. The quantitative estimate of drug-likeness (QED) is 0.135. The van der Waals surface area contributed by atoms with Crippen LogP contribution in [0.4, 0.5) is 51.2 Å². The van der Waals surface area contributed by atoms with E-state index in [1.54, 1.807) is 0 Å². The molecule has 0 amide bonds. The standard InChI is InChI=1S/C62H41N3O2/c1-4-18-42(19-5-1)63(43-20-6-2-7-21-43)45-24-16-26-47(38-45)65(50-35-37-54-53-29-12-14-32-58(53)66-60(54)41-50)48-27-17-25-46(39-48)64(44-22-8-3-9-23-44)49-34-36-52-51-28-10-11-30-55(51)62-61(57(52)40-49)56-31-13-15-33-59(56)67-62/h1-41H. The van der Waals surface area contributed by atoms with Crippen molar-refractivity contribution in [3.8, 4) is 0 Å². The molecule has 0 atom stereocenters. The summed E-state index contributed by atoms with van der Waals surface area (Å²) in [7, 11) is 0. The van der Waals surface area contributed by atoms with Crippen LogP contribution in [0.3, 0.4) is 0 Å². The molecule has 11 aromatic carbocycles. The molecule has 0 unspecified atom stereocenters. The summed E-state index contributed by atoms with van der Waals surface area (Å²) >= 11 is 0. The minimum Gasteiger partial charge on any atom is -0.456 e. The molecule has 0 spiro atoms. The maximum Gasteiger partial charge on any atom is 0.143 e. The molecule has 13 rings (SSSR count). The molecule has 67 heavy (non-hydrogen) atoms. The minimum absolute atomic E-state index is 0.832. The van der Waals surface area contributed by atoms with Crippen LogP contribution in [0.5, 0.6) is 0 Å². The van der Waals surface area contributed by atoms with Gasteiger partial charge >= 0.3 is 0 Å². The van der Waals surface area contributed by atoms with Gasteiger partial charge < -0.3 is 23.5 Å². The van der Waals surface area contributed by atoms with Gasteiger partial charge in [-0.2, -0.15) is 0 Å². The van der Waals surface area contributed by atoms with Crippen molar-refractivity contribution in [1.29, 1.82) is 0 Å². The first-order valence-electron chi connectivity index (χ1n) is 22.7. The molecule has 5 heteroatoms. The molecular weight excluding hydrogens is 819 g/mol. The second kappa shape index (κ2) is 15.9. The molecule has 2 aromatic heterocycles. The number of nitrogens with zero attached hydrogens (tertiary/aromatic N) is 3. The number of fused-ring (bicyclic) bond motifs is 11. The maximum absolute atomic E-state index is 6.66. The number of hydrogen-bond donors (Lipinski definition) is 0. The zero-order valence-electron chi connectivity index (χ0n) is 36.3. The molecule has 5 nitrogen and oxygen atoms in total. The van der Waals surface area contributed by atoms with Gasteiger partial charge in [0, 0.05) is 84.2 Å². The molecule has 0 aliphatic rings. The molecule has 0 bridgehead atoms. The Morgan fingerprint density at radius 3 is 1.16 bits per heavy atom. The van der Waals surface area contributed by atoms with E-state index in [2.05, 4.69) is 245 Å². The highest BCUT2D eigenvalue weighted by Crippen LogP contribution is 2.47. The summed E-state index contributed by atoms with van der Waals surface area (Å²) in [4.78, 5) is 7.00. The molecule has 0 radical (unpaired) electrons. The monoisotopic (exact) mass is 859 g/mol. The fraction of sp³-hybridized carbons (Fsp3) is 0. The first kappa shape index (κ1) is 38.4. The van der Waals surface area contributed by atoms with E-state index in [9.17, 15) is 0 Å². The molecule has 0 saturated heterocycles. The summed E-state index contributed by atoms with van der Waals surface area (Å²) in [6, 6.07) is 88.0. The van der Waals surface area contributed by atoms with E-state index < -0.39 is 0 Å². The summed E-state index contributed by atoms with van der Waals surface area (Å²) < 4.78 is 13.2. The van der Waals surface area contributed by atoms with Crippen molar-refractivity contribution in [2.24, 2.45) is 0 Å². The SMILES string of the molecule is c1ccc(N(c2ccccc2)c2cccc(N(c3cccc(N(c4ccccc4)c4ccc5c6ccccc6c6oc7ccccc7c6c5c4)c3)c3ccc4c(c3)oc3ccccc34)c2)cc1. The lowest BCUT2D eigenvalue weighted by atomic mass is 9.96. The van der Waals surface area contributed by atoms with E-state index in [0.29, 0.717) is 0 Å². The van der Waals surface area contributed by atoms with Crippen LogP contribution in [0.2, 0.25) is 0 Å². The van der Waals surface area contributed by atoms with Crippen LogP contribution in [0.25, 0.3) is 65.4 Å². The largest absolute Gasteiger partial charge is 0.456 e. The van der Waals surface area contributed by atoms with E-state index in [1.165, 1.54) is 10.8 Å². The molecule has 0 aliphatic carbocycles. The van der Waals surface area contributed by atoms with Crippen LogP contribution >= 0.6 is 0 Å². The third-order valence-corrected chi connectivity index (χ3v) is 12.9. The third kappa shape index (κ3) is 6.55. The minimum atomic E-state index is 0.832. The molecule has 2 heterocycles. The number of anilines is 9. The Morgan fingerprint density at radius 1 is 0.209 bits per heavy atom. The Hall–Kier alpha value is -9.06. The van der Waals surface area contributed by atoms with E-state index in [0.717, 1.165) is 106 Å². The molecule has 13 aromatic rings. The summed E-state index contributed by atoms with van der Waals surface area (Å²) in [5.74, 6) is 0. The summed E-state index contributed by atoms with van der Waals surface area (Å²) in [6.45, 7) is 0. The van der Waals surface area contributed by atoms with Crippen LogP contribution in [0.1, 0.15) is 0 Å². The van der Waals surface area contributed by atoms with Gasteiger partial charge in [0.2, 0.25) is 0 Å². The molecule has 316 valence electrons. The number of rotatable bonds is 9. The Labute approximate surface area is 387 Å². The van der Waals surface area contributed by atoms with Gasteiger partial charge in [0.15, 0.2) is 0 Å². The summed E-state index contributed by atoms with van der Waals surface area (Å²) in [5, 5.41) is 9.03. The number of furan rings is 2. The van der Waals surface area contributed by atoms with Crippen LogP contribution in [-0.4, -0.2) is 0 Å². The van der Waals surface area contributed by atoms with Gasteiger partial charge in [0.25, 0.3) is 0 Å². The van der Waals surface area contributed by atoms with Crippen molar-refractivity contribution < 1.29 is 8.83 Å². The molecule has 0 N–H and O–H groups in total. The van der Waals surface area contributed by atoms with Gasteiger partial charge in [0.05, 0.1) is 0 Å². The van der Waals surface area contributed by atoms with Crippen LogP contribution in [0.15, 0.2) is 258 Å². The topological polar surface area (TPSA) is 36.0 Å². The van der Waals surface area contributed by atoms with Crippen LogP contribution < -0.4 is 14.7 Å². The second-order valence-electron chi connectivity index (χ2n) is 16.9. The fourth-order valence-electron chi connectivity index (χ4n) is 10.0. The predicted molar refractivity (Wildman–Crippen MR) is 280 cm³/mol. The Morgan fingerprint density at radius 2 is 0.582 bits per heavy atom. The molecule has 0 fully saturated rings. The normalized spacial score (nSPS) is 11.6. The maximum atomic E-state index is 6.66. The zero-order valence-corrected chi connectivity index (χ0v) is 36.3. The third-order valence-electron chi connectivity index (χ3n) is 12.9. The number of para-hydroxylation sites is 5. The van der Waals surface area contributed by atoms with Gasteiger partial charge in [-0.25, -0.2) is 0 Å². The van der Waals surface area contributed by atoms with E-state index in [-0.39, 0.29) is 0 Å². The lowest BCUT2D eigenvalue weighted by molar-refractivity contribution is 0.669. The van der Waals surface area contributed by atoms with Gasteiger partial charge in [-0.15, -0.1) is 0 Å². The fourth-order valence-corrected chi connectivity index (χ4v) is 10.0. The highest BCUT2D eigenvalue weighted by atomic mass is 16.3. The lowest BCUT2D eigenvalue weighted by Gasteiger charge is -2.31. The molecular formula is C62H41N3O2. The van der Waals surface area contributed by atoms with Gasteiger partial charge in [-0.1, -0.05) is 133 Å². The highest BCUT2D eigenvalue weighted by molar-refractivity contribution is 6.30. The van der Waals surface area contributed by atoms with Gasteiger partial charge in [-0.3, -0.25) is 0 Å². The van der Waals surface area contributed by atoms with Crippen LogP contribution in [0, 0.1) is 0 Å². The van der Waals surface area contributed by atoms with Crippen molar-refractivity contribution >= 4 is 117 Å². The number of hydrogen-bond acceptors (Lipinski definition) is 5. The van der Waals surface area contributed by atoms with Crippen molar-refractivity contribution in [2.75, 3.05) is 14.7 Å². The highest BCUT2D eigenvalue weighted by Gasteiger charge is 2.22. The smallest absolute Gasteiger partial charge is 0.143 e. The Bertz CT molecular complexity index is 3910. The molecule has 0 aliphatic heterocycles. The average Bonchev–Trinajstić information content (AvgIpc) is 3.97. The van der Waals surface area contributed by atoms with Crippen molar-refractivity contribution in [3.05, 3.63) is 249 Å². The van der Waals surface area contributed by atoms with Crippen molar-refractivity contribution in [2.45, 2.75) is 0 Å². The van der Waals surface area contributed by atoms with Gasteiger partial charge in [0.1, 0.15) is 22.3 Å². The first-order valence-corrected chi connectivity index (χ1v) is 22.7. The van der Waals surface area contributed by atoms with E-state index in [4.69, 9.17) is 8.83 Å². The van der Waals surface area contributed by atoms with E-state index >= 15 is 0 Å².